The lowest BCUT2D eigenvalue weighted by atomic mass is 9.87. The van der Waals surface area contributed by atoms with Gasteiger partial charge in [0.2, 0.25) is 0 Å². The summed E-state index contributed by atoms with van der Waals surface area (Å²) in [4.78, 5) is 26.6. The van der Waals surface area contributed by atoms with E-state index < -0.39 is 17.4 Å². The second-order valence-electron chi connectivity index (χ2n) is 9.62. The number of hydrogen-bond acceptors (Lipinski definition) is 6. The molecule has 1 saturated heterocycles. The predicted octanol–water partition coefficient (Wildman–Crippen LogP) is 4.73. The van der Waals surface area contributed by atoms with Crippen LogP contribution in [0.2, 0.25) is 0 Å². The minimum atomic E-state index is -0.756. The number of fused-ring (bicyclic) bond motifs is 3. The van der Waals surface area contributed by atoms with Crippen LogP contribution in [0.3, 0.4) is 0 Å². The van der Waals surface area contributed by atoms with Crippen molar-refractivity contribution in [3.05, 3.63) is 23.8 Å². The predicted molar refractivity (Wildman–Crippen MR) is 107 cm³/mol. The Labute approximate surface area is 172 Å². The van der Waals surface area contributed by atoms with Crippen LogP contribution >= 0.6 is 0 Å². The molecule has 29 heavy (non-hydrogen) atoms. The van der Waals surface area contributed by atoms with E-state index in [1.54, 1.807) is 37.8 Å². The molecule has 0 spiro atoms. The number of rotatable bonds is 1. The average molecular weight is 405 g/mol. The first kappa shape index (κ1) is 21.3. The molecule has 7 nitrogen and oxygen atoms in total. The third-order valence-corrected chi connectivity index (χ3v) is 4.82. The highest BCUT2D eigenvalue weighted by molar-refractivity contribution is 5.70. The molecule has 2 aliphatic heterocycles. The van der Waals surface area contributed by atoms with E-state index in [2.05, 4.69) is 0 Å². The van der Waals surface area contributed by atoms with Crippen LogP contribution in [0.4, 0.5) is 9.59 Å². The average Bonchev–Trinajstić information content (AvgIpc) is 2.88. The SMILES string of the molecule is CC(C)(C)OC(=O)Oc1cccc2c1C1CN(C(=O)OC(C)(C)C)CC1CCO2. The van der Waals surface area contributed by atoms with Crippen molar-refractivity contribution in [2.24, 2.45) is 5.92 Å². The first-order valence-electron chi connectivity index (χ1n) is 10.1. The van der Waals surface area contributed by atoms with Crippen molar-refractivity contribution in [3.8, 4) is 11.5 Å². The van der Waals surface area contributed by atoms with Gasteiger partial charge in [-0.3, -0.25) is 0 Å². The summed E-state index contributed by atoms with van der Waals surface area (Å²) in [6.45, 7) is 12.6. The lowest BCUT2D eigenvalue weighted by molar-refractivity contribution is 0.0199. The van der Waals surface area contributed by atoms with Crippen LogP contribution in [-0.4, -0.2) is 48.0 Å². The highest BCUT2D eigenvalue weighted by Gasteiger charge is 2.42. The fourth-order valence-electron chi connectivity index (χ4n) is 3.75. The molecule has 1 fully saturated rings. The smallest absolute Gasteiger partial charge is 0.493 e. The quantitative estimate of drug-likeness (QED) is 0.497. The Morgan fingerprint density at radius 2 is 1.72 bits per heavy atom. The van der Waals surface area contributed by atoms with Crippen molar-refractivity contribution in [1.29, 1.82) is 0 Å². The second-order valence-corrected chi connectivity index (χ2v) is 9.62. The third kappa shape index (κ3) is 5.34. The molecule has 7 heteroatoms. The van der Waals surface area contributed by atoms with E-state index in [0.29, 0.717) is 31.2 Å². The summed E-state index contributed by atoms with van der Waals surface area (Å²) < 4.78 is 22.3. The number of ether oxygens (including phenoxy) is 4. The molecular formula is C22H31NO6. The van der Waals surface area contributed by atoms with Crippen LogP contribution in [0.15, 0.2) is 18.2 Å². The van der Waals surface area contributed by atoms with Crippen LogP contribution in [-0.2, 0) is 9.47 Å². The van der Waals surface area contributed by atoms with Gasteiger partial charge in [0.25, 0.3) is 0 Å². The molecule has 2 atom stereocenters. The van der Waals surface area contributed by atoms with Gasteiger partial charge in [-0.2, -0.15) is 0 Å². The molecule has 0 aliphatic carbocycles. The molecule has 0 radical (unpaired) electrons. The van der Waals surface area contributed by atoms with Crippen molar-refractivity contribution in [2.75, 3.05) is 19.7 Å². The van der Waals surface area contributed by atoms with Gasteiger partial charge in [-0.1, -0.05) is 6.07 Å². The molecule has 160 valence electrons. The summed E-state index contributed by atoms with van der Waals surface area (Å²) >= 11 is 0. The largest absolute Gasteiger partial charge is 0.514 e. The molecule has 0 N–H and O–H groups in total. The molecule has 3 rings (SSSR count). The summed E-state index contributed by atoms with van der Waals surface area (Å²) in [5.41, 5.74) is -0.386. The Morgan fingerprint density at radius 3 is 2.38 bits per heavy atom. The highest BCUT2D eigenvalue weighted by Crippen LogP contribution is 2.46. The van der Waals surface area contributed by atoms with Gasteiger partial charge in [-0.25, -0.2) is 9.59 Å². The molecule has 1 amide bonds. The second kappa shape index (κ2) is 7.76. The molecule has 0 saturated carbocycles. The molecule has 2 aliphatic rings. The fraction of sp³-hybridized carbons (Fsp3) is 0.636. The van der Waals surface area contributed by atoms with Gasteiger partial charge in [-0.15, -0.1) is 0 Å². The maximum Gasteiger partial charge on any atom is 0.514 e. The summed E-state index contributed by atoms with van der Waals surface area (Å²) in [5, 5.41) is 0. The van der Waals surface area contributed by atoms with Gasteiger partial charge in [0.05, 0.1) is 6.61 Å². The standard InChI is InChI=1S/C22H31NO6/c1-21(2,3)28-19(24)23-12-14-10-11-26-16-8-7-9-17(18(16)15(14)13-23)27-20(25)29-22(4,5)6/h7-9,14-15H,10-13H2,1-6H3. The van der Waals surface area contributed by atoms with Crippen molar-refractivity contribution in [1.82, 2.24) is 4.90 Å². The van der Waals surface area contributed by atoms with E-state index in [1.807, 2.05) is 26.8 Å². The molecule has 2 unspecified atom stereocenters. The van der Waals surface area contributed by atoms with Crippen LogP contribution in [0.1, 0.15) is 59.4 Å². The van der Waals surface area contributed by atoms with E-state index >= 15 is 0 Å². The Bertz CT molecular complexity index is 776. The van der Waals surface area contributed by atoms with Crippen molar-refractivity contribution in [3.63, 3.8) is 0 Å². The third-order valence-electron chi connectivity index (χ3n) is 4.82. The maximum atomic E-state index is 12.6. The van der Waals surface area contributed by atoms with Gasteiger partial charge in [0.15, 0.2) is 0 Å². The zero-order valence-corrected chi connectivity index (χ0v) is 18.1. The van der Waals surface area contributed by atoms with Gasteiger partial charge in [-0.05, 0) is 66.0 Å². The number of carbonyl (C=O) groups is 2. The number of hydrogen-bond donors (Lipinski definition) is 0. The van der Waals surface area contributed by atoms with Gasteiger partial charge in [0.1, 0.15) is 22.7 Å². The normalized spacial score (nSPS) is 21.4. The zero-order valence-electron chi connectivity index (χ0n) is 18.1. The first-order valence-corrected chi connectivity index (χ1v) is 10.1. The Kier molecular flexibility index (Phi) is 5.70. The number of likely N-dealkylation sites (tertiary alicyclic amines) is 1. The molecule has 1 aromatic carbocycles. The summed E-state index contributed by atoms with van der Waals surface area (Å²) in [7, 11) is 0. The van der Waals surface area contributed by atoms with E-state index in [1.165, 1.54) is 0 Å². The van der Waals surface area contributed by atoms with E-state index in [-0.39, 0.29) is 17.9 Å². The minimum absolute atomic E-state index is 0.00125. The van der Waals surface area contributed by atoms with Crippen molar-refractivity contribution in [2.45, 2.75) is 65.1 Å². The topological polar surface area (TPSA) is 74.3 Å². The number of carbonyl (C=O) groups excluding carboxylic acids is 2. The number of amides is 1. The molecule has 0 bridgehead atoms. The van der Waals surface area contributed by atoms with E-state index in [0.717, 1.165) is 12.0 Å². The fourth-order valence-corrected chi connectivity index (χ4v) is 3.75. The Hall–Kier alpha value is -2.44. The molecule has 1 aromatic rings. The highest BCUT2D eigenvalue weighted by atomic mass is 16.7. The van der Waals surface area contributed by atoms with Gasteiger partial charge in [0, 0.05) is 24.6 Å². The monoisotopic (exact) mass is 405 g/mol. The minimum Gasteiger partial charge on any atom is -0.493 e. The van der Waals surface area contributed by atoms with Crippen LogP contribution in [0.5, 0.6) is 11.5 Å². The van der Waals surface area contributed by atoms with Crippen LogP contribution in [0.25, 0.3) is 0 Å². The van der Waals surface area contributed by atoms with Gasteiger partial charge < -0.3 is 23.8 Å². The lowest BCUT2D eigenvalue weighted by Gasteiger charge is -2.25. The van der Waals surface area contributed by atoms with Crippen LogP contribution in [0, 0.1) is 5.92 Å². The lowest BCUT2D eigenvalue weighted by Crippen LogP contribution is -2.35. The summed E-state index contributed by atoms with van der Waals surface area (Å²) in [5.74, 6) is 1.30. The molecular weight excluding hydrogens is 374 g/mol. The summed E-state index contributed by atoms with van der Waals surface area (Å²) in [6, 6.07) is 5.40. The first-order chi connectivity index (χ1) is 13.4. The Balaban J connectivity index is 1.85. The Morgan fingerprint density at radius 1 is 1.03 bits per heavy atom. The van der Waals surface area contributed by atoms with E-state index in [9.17, 15) is 9.59 Å². The van der Waals surface area contributed by atoms with E-state index in [4.69, 9.17) is 18.9 Å². The summed E-state index contributed by atoms with van der Waals surface area (Å²) in [6.07, 6.45) is -0.267. The zero-order chi connectivity index (χ0) is 21.4. The van der Waals surface area contributed by atoms with Crippen molar-refractivity contribution >= 4 is 12.2 Å². The molecule has 2 heterocycles. The molecule has 0 aromatic heterocycles. The van der Waals surface area contributed by atoms with Crippen molar-refractivity contribution < 1.29 is 28.5 Å². The number of nitrogens with zero attached hydrogens (tertiary/aromatic N) is 1. The number of benzene rings is 1. The van der Waals surface area contributed by atoms with Crippen LogP contribution < -0.4 is 9.47 Å². The van der Waals surface area contributed by atoms with Gasteiger partial charge >= 0.3 is 12.2 Å². The maximum absolute atomic E-state index is 12.6.